The van der Waals surface area contributed by atoms with Gasteiger partial charge in [-0.2, -0.15) is 0 Å². The van der Waals surface area contributed by atoms with E-state index in [1.165, 1.54) is 18.2 Å². The Morgan fingerprint density at radius 1 is 1.20 bits per heavy atom. The van der Waals surface area contributed by atoms with Crippen LogP contribution in [0.4, 0.5) is 4.39 Å². The van der Waals surface area contributed by atoms with Crippen LogP contribution in [0, 0.1) is 5.82 Å². The lowest BCUT2D eigenvalue weighted by Gasteiger charge is -1.99. The summed E-state index contributed by atoms with van der Waals surface area (Å²) in [5.41, 5.74) is -0.160. The monoisotopic (exact) mass is 208 g/mol. The molecule has 4 heteroatoms. The molecule has 0 N–H and O–H groups in total. The maximum Gasteiger partial charge on any atom is 0.205 e. The average Bonchev–Trinajstić information content (AvgIpc) is 2.18. The number of benzene rings is 1. The van der Waals surface area contributed by atoms with E-state index in [0.29, 0.717) is 0 Å². The number of hydrogen-bond donors (Lipinski definition) is 0. The first kappa shape index (κ1) is 11.2. The Hall–Kier alpha value is -1.84. The Morgan fingerprint density at radius 2 is 1.80 bits per heavy atom. The van der Waals surface area contributed by atoms with Gasteiger partial charge in [0.2, 0.25) is 5.78 Å². The molecule has 0 aliphatic rings. The molecule has 1 aromatic carbocycles. The Labute approximate surface area is 85.9 Å². The fourth-order valence-corrected chi connectivity index (χ4v) is 1.05. The van der Waals surface area contributed by atoms with Crippen LogP contribution in [0.5, 0.6) is 0 Å². The van der Waals surface area contributed by atoms with Crippen molar-refractivity contribution in [1.82, 2.24) is 0 Å². The molecule has 0 spiro atoms. The Balaban J connectivity index is 2.83. The molecule has 0 saturated heterocycles. The van der Waals surface area contributed by atoms with Crippen LogP contribution < -0.4 is 0 Å². The lowest BCUT2D eigenvalue weighted by molar-refractivity contribution is -0.134. The van der Waals surface area contributed by atoms with E-state index < -0.39 is 29.6 Å². The van der Waals surface area contributed by atoms with Crippen LogP contribution >= 0.6 is 0 Å². The molecule has 3 nitrogen and oxygen atoms in total. The van der Waals surface area contributed by atoms with Crippen molar-refractivity contribution in [2.45, 2.75) is 13.3 Å². The van der Waals surface area contributed by atoms with Crippen molar-refractivity contribution in [3.05, 3.63) is 35.6 Å². The van der Waals surface area contributed by atoms with Crippen molar-refractivity contribution in [1.29, 1.82) is 0 Å². The zero-order chi connectivity index (χ0) is 11.4. The second-order valence-corrected chi connectivity index (χ2v) is 3.06. The number of rotatable bonds is 4. The molecule has 15 heavy (non-hydrogen) atoms. The van der Waals surface area contributed by atoms with E-state index in [0.717, 1.165) is 13.0 Å². The molecular formula is C11H9FO3. The molecule has 0 atom stereocenters. The molecule has 78 valence electrons. The maximum atomic E-state index is 13.1. The number of carbonyl (C=O) groups excluding carboxylic acids is 3. The number of halogens is 1. The molecular weight excluding hydrogens is 199 g/mol. The minimum Gasteiger partial charge on any atom is -0.294 e. The molecule has 1 aromatic rings. The van der Waals surface area contributed by atoms with Crippen LogP contribution in [-0.2, 0) is 9.59 Å². The zero-order valence-corrected chi connectivity index (χ0v) is 8.12. The number of hydrogen-bond acceptors (Lipinski definition) is 3. The zero-order valence-electron chi connectivity index (χ0n) is 8.12. The van der Waals surface area contributed by atoms with Gasteiger partial charge in [-0.05, 0) is 12.1 Å². The normalized spacial score (nSPS) is 9.73. The summed E-state index contributed by atoms with van der Waals surface area (Å²) in [7, 11) is 0. The summed E-state index contributed by atoms with van der Waals surface area (Å²) >= 11 is 0. The first-order valence-electron chi connectivity index (χ1n) is 4.34. The van der Waals surface area contributed by atoms with Crippen LogP contribution in [-0.4, -0.2) is 17.3 Å². The Kier molecular flexibility index (Phi) is 3.44. The van der Waals surface area contributed by atoms with Crippen LogP contribution in [0.25, 0.3) is 0 Å². The van der Waals surface area contributed by atoms with Gasteiger partial charge in [0.05, 0.1) is 12.0 Å². The molecule has 0 radical (unpaired) electrons. The number of Topliss-reactive ketones (excluding diaryl/α,β-unsaturated/α-hetero) is 3. The third-order valence-electron chi connectivity index (χ3n) is 1.89. The van der Waals surface area contributed by atoms with E-state index in [-0.39, 0.29) is 5.56 Å². The van der Waals surface area contributed by atoms with Gasteiger partial charge in [-0.15, -0.1) is 0 Å². The van der Waals surface area contributed by atoms with Crippen molar-refractivity contribution in [3.63, 3.8) is 0 Å². The van der Waals surface area contributed by atoms with Gasteiger partial charge in [0.25, 0.3) is 0 Å². The highest BCUT2D eigenvalue weighted by molar-refractivity contribution is 6.40. The van der Waals surface area contributed by atoms with Crippen LogP contribution in [0.1, 0.15) is 23.7 Å². The van der Waals surface area contributed by atoms with Crippen LogP contribution in [0.2, 0.25) is 0 Å². The van der Waals surface area contributed by atoms with E-state index >= 15 is 0 Å². The van der Waals surface area contributed by atoms with Crippen LogP contribution in [0.3, 0.4) is 0 Å². The summed E-state index contributed by atoms with van der Waals surface area (Å²) in [4.78, 5) is 32.9. The molecule has 0 aliphatic carbocycles. The quantitative estimate of drug-likeness (QED) is 0.428. The van der Waals surface area contributed by atoms with Gasteiger partial charge < -0.3 is 0 Å². The topological polar surface area (TPSA) is 51.2 Å². The molecule has 0 aliphatic heterocycles. The predicted octanol–water partition coefficient (Wildman–Crippen LogP) is 1.56. The summed E-state index contributed by atoms with van der Waals surface area (Å²) in [6.45, 7) is 1.08. The Bertz CT molecular complexity index is 424. The maximum absolute atomic E-state index is 13.1. The Morgan fingerprint density at radius 3 is 2.33 bits per heavy atom. The molecule has 0 aromatic heterocycles. The van der Waals surface area contributed by atoms with E-state index in [2.05, 4.69) is 0 Å². The van der Waals surface area contributed by atoms with Gasteiger partial charge in [0.15, 0.2) is 11.6 Å². The van der Waals surface area contributed by atoms with Crippen molar-refractivity contribution in [2.75, 3.05) is 0 Å². The standard InChI is InChI=1S/C11H9FO3/c1-7(13)10(14)6-11(15)8-4-2-3-5-9(8)12/h2-5H,6H2,1H3. The number of ketones is 3. The lowest BCUT2D eigenvalue weighted by Crippen LogP contribution is -2.15. The number of carbonyl (C=O) groups is 3. The molecule has 0 unspecified atom stereocenters. The first-order valence-corrected chi connectivity index (χ1v) is 4.34. The van der Waals surface area contributed by atoms with E-state index in [9.17, 15) is 18.8 Å². The third kappa shape index (κ3) is 2.80. The highest BCUT2D eigenvalue weighted by Gasteiger charge is 2.17. The summed E-state index contributed by atoms with van der Waals surface area (Å²) in [6, 6.07) is 5.35. The smallest absolute Gasteiger partial charge is 0.205 e. The third-order valence-corrected chi connectivity index (χ3v) is 1.89. The fourth-order valence-electron chi connectivity index (χ4n) is 1.05. The van der Waals surface area contributed by atoms with Gasteiger partial charge in [-0.25, -0.2) is 4.39 Å². The molecule has 0 amide bonds. The van der Waals surface area contributed by atoms with Crippen LogP contribution in [0.15, 0.2) is 24.3 Å². The van der Waals surface area contributed by atoms with Crippen molar-refractivity contribution in [3.8, 4) is 0 Å². The second-order valence-electron chi connectivity index (χ2n) is 3.06. The highest BCUT2D eigenvalue weighted by atomic mass is 19.1. The largest absolute Gasteiger partial charge is 0.294 e. The first-order chi connectivity index (χ1) is 7.02. The van der Waals surface area contributed by atoms with E-state index in [4.69, 9.17) is 0 Å². The van der Waals surface area contributed by atoms with E-state index in [1.807, 2.05) is 0 Å². The van der Waals surface area contributed by atoms with Crippen molar-refractivity contribution in [2.24, 2.45) is 0 Å². The molecule has 1 rings (SSSR count). The van der Waals surface area contributed by atoms with E-state index in [1.54, 1.807) is 0 Å². The predicted molar refractivity (Wildman–Crippen MR) is 51.0 cm³/mol. The van der Waals surface area contributed by atoms with Gasteiger partial charge in [-0.3, -0.25) is 14.4 Å². The average molecular weight is 208 g/mol. The summed E-state index contributed by atoms with van der Waals surface area (Å²) in [6.07, 6.45) is -0.573. The minimum absolute atomic E-state index is 0.160. The summed E-state index contributed by atoms with van der Waals surface area (Å²) < 4.78 is 13.1. The highest BCUT2D eigenvalue weighted by Crippen LogP contribution is 2.09. The molecule has 0 saturated carbocycles. The SMILES string of the molecule is CC(=O)C(=O)CC(=O)c1ccccc1F. The van der Waals surface area contributed by atoms with Gasteiger partial charge in [0, 0.05) is 6.92 Å². The van der Waals surface area contributed by atoms with Crippen molar-refractivity contribution >= 4 is 17.3 Å². The lowest BCUT2D eigenvalue weighted by atomic mass is 10.0. The molecule has 0 bridgehead atoms. The summed E-state index contributed by atoms with van der Waals surface area (Å²) in [5, 5.41) is 0. The van der Waals surface area contributed by atoms with Crippen molar-refractivity contribution < 1.29 is 18.8 Å². The van der Waals surface area contributed by atoms with Gasteiger partial charge >= 0.3 is 0 Å². The molecule has 0 heterocycles. The van der Waals surface area contributed by atoms with Gasteiger partial charge in [-0.1, -0.05) is 12.1 Å². The summed E-state index contributed by atoms with van der Waals surface area (Å²) in [5.74, 6) is -2.85. The molecule has 0 fully saturated rings. The van der Waals surface area contributed by atoms with Gasteiger partial charge in [0.1, 0.15) is 5.82 Å². The second kappa shape index (κ2) is 4.59. The fraction of sp³-hybridized carbons (Fsp3) is 0.182. The minimum atomic E-state index is -0.803.